The smallest absolute Gasteiger partial charge is 0.336 e. The monoisotopic (exact) mass is 356 g/mol. The Bertz CT molecular complexity index is 651. The average Bonchev–Trinajstić information content (AvgIpc) is 3.00. The van der Waals surface area contributed by atoms with Gasteiger partial charge in [-0.25, -0.2) is 9.97 Å². The fraction of sp³-hybridized carbons (Fsp3) is 0.750. The molecule has 0 aliphatic carbocycles. The van der Waals surface area contributed by atoms with E-state index >= 15 is 0 Å². The third kappa shape index (κ3) is 4.64. The molecule has 7 nitrogen and oxygen atoms in total. The standard InChI is InChI=1S/C16H28N4O3S/c1-4-6-10-19(9-5-2)16-17-13(3)12-14(18-16)15-8-7-11-20(15)24(21,22)23/h12,15H,4-11H2,1-3H3,(H,21,22,23). The van der Waals surface area contributed by atoms with Gasteiger partial charge in [-0.1, -0.05) is 20.3 Å². The van der Waals surface area contributed by atoms with Crippen LogP contribution in [0.25, 0.3) is 0 Å². The normalized spacial score (nSPS) is 18.9. The van der Waals surface area contributed by atoms with Gasteiger partial charge in [0, 0.05) is 25.3 Å². The Morgan fingerprint density at radius 1 is 1.29 bits per heavy atom. The van der Waals surface area contributed by atoms with Crippen molar-refractivity contribution in [1.29, 1.82) is 0 Å². The van der Waals surface area contributed by atoms with Crippen LogP contribution in [-0.2, 0) is 10.3 Å². The zero-order valence-electron chi connectivity index (χ0n) is 14.8. The summed E-state index contributed by atoms with van der Waals surface area (Å²) in [6.45, 7) is 8.25. The van der Waals surface area contributed by atoms with Crippen LogP contribution >= 0.6 is 0 Å². The van der Waals surface area contributed by atoms with Gasteiger partial charge >= 0.3 is 10.3 Å². The second-order valence-electron chi connectivity index (χ2n) is 6.32. The van der Waals surface area contributed by atoms with E-state index in [0.29, 0.717) is 24.6 Å². The predicted octanol–water partition coefficient (Wildman–Crippen LogP) is 2.74. The molecule has 1 aromatic rings. The van der Waals surface area contributed by atoms with Crippen LogP contribution in [0.3, 0.4) is 0 Å². The van der Waals surface area contributed by atoms with Crippen LogP contribution in [0.1, 0.15) is 63.4 Å². The van der Waals surface area contributed by atoms with Crippen LogP contribution in [0.5, 0.6) is 0 Å². The molecule has 1 saturated heterocycles. The SMILES string of the molecule is CCCCN(CCC)c1nc(C)cc(C2CCCN2S(=O)(=O)O)n1. The van der Waals surface area contributed by atoms with Crippen molar-refractivity contribution in [2.45, 2.75) is 58.9 Å². The van der Waals surface area contributed by atoms with E-state index in [2.05, 4.69) is 28.7 Å². The van der Waals surface area contributed by atoms with E-state index in [0.717, 1.165) is 48.8 Å². The van der Waals surface area contributed by atoms with Crippen molar-refractivity contribution in [2.24, 2.45) is 0 Å². The number of nitrogens with zero attached hydrogens (tertiary/aromatic N) is 4. The molecule has 1 N–H and O–H groups in total. The predicted molar refractivity (Wildman–Crippen MR) is 94.4 cm³/mol. The molecule has 136 valence electrons. The highest BCUT2D eigenvalue weighted by Gasteiger charge is 2.35. The van der Waals surface area contributed by atoms with Crippen molar-refractivity contribution >= 4 is 16.3 Å². The first-order valence-corrected chi connectivity index (χ1v) is 10.1. The van der Waals surface area contributed by atoms with Crippen LogP contribution in [-0.4, -0.2) is 46.9 Å². The van der Waals surface area contributed by atoms with Gasteiger partial charge in [0.2, 0.25) is 5.95 Å². The zero-order valence-corrected chi connectivity index (χ0v) is 15.6. The summed E-state index contributed by atoms with van der Waals surface area (Å²) in [5.74, 6) is 0.655. The highest BCUT2D eigenvalue weighted by atomic mass is 32.2. The van der Waals surface area contributed by atoms with Gasteiger partial charge in [-0.3, -0.25) is 4.55 Å². The fourth-order valence-electron chi connectivity index (χ4n) is 3.13. The van der Waals surface area contributed by atoms with E-state index < -0.39 is 16.3 Å². The lowest BCUT2D eigenvalue weighted by molar-refractivity contribution is 0.336. The van der Waals surface area contributed by atoms with Crippen LogP contribution in [0.15, 0.2) is 6.07 Å². The Hall–Kier alpha value is -1.25. The Morgan fingerprint density at radius 2 is 2.04 bits per heavy atom. The van der Waals surface area contributed by atoms with Gasteiger partial charge in [0.25, 0.3) is 0 Å². The van der Waals surface area contributed by atoms with Gasteiger partial charge in [0.05, 0.1) is 11.7 Å². The van der Waals surface area contributed by atoms with Crippen LogP contribution in [0, 0.1) is 6.92 Å². The van der Waals surface area contributed by atoms with Crippen LogP contribution < -0.4 is 4.90 Å². The zero-order chi connectivity index (χ0) is 17.7. The third-order valence-electron chi connectivity index (χ3n) is 4.26. The van der Waals surface area contributed by atoms with Gasteiger partial charge in [-0.05, 0) is 38.7 Å². The van der Waals surface area contributed by atoms with Crippen molar-refractivity contribution in [3.63, 3.8) is 0 Å². The lowest BCUT2D eigenvalue weighted by atomic mass is 10.1. The highest BCUT2D eigenvalue weighted by Crippen LogP contribution is 2.33. The second kappa shape index (κ2) is 8.22. The quantitative estimate of drug-likeness (QED) is 0.721. The van der Waals surface area contributed by atoms with Crippen molar-refractivity contribution in [3.05, 3.63) is 17.5 Å². The van der Waals surface area contributed by atoms with Gasteiger partial charge in [-0.2, -0.15) is 12.7 Å². The van der Waals surface area contributed by atoms with E-state index in [9.17, 15) is 13.0 Å². The number of aromatic nitrogens is 2. The molecule has 1 aliphatic rings. The molecule has 0 radical (unpaired) electrons. The van der Waals surface area contributed by atoms with Crippen LogP contribution in [0.2, 0.25) is 0 Å². The second-order valence-corrected chi connectivity index (χ2v) is 7.69. The molecule has 0 amide bonds. The van der Waals surface area contributed by atoms with E-state index in [1.54, 1.807) is 0 Å². The summed E-state index contributed by atoms with van der Waals surface area (Å²) >= 11 is 0. The number of hydrogen-bond acceptors (Lipinski definition) is 5. The Labute approximate surface area is 145 Å². The molecule has 24 heavy (non-hydrogen) atoms. The first kappa shape index (κ1) is 19.1. The molecule has 2 rings (SSSR count). The van der Waals surface area contributed by atoms with Gasteiger partial charge < -0.3 is 4.90 Å². The van der Waals surface area contributed by atoms with Crippen molar-refractivity contribution in [2.75, 3.05) is 24.5 Å². The molecule has 0 aromatic carbocycles. The number of aryl methyl sites for hydroxylation is 1. The molecule has 0 spiro atoms. The number of rotatable bonds is 8. The third-order valence-corrected chi connectivity index (χ3v) is 5.29. The summed E-state index contributed by atoms with van der Waals surface area (Å²) < 4.78 is 33.8. The molecule has 8 heteroatoms. The average molecular weight is 356 g/mol. The molecule has 0 bridgehead atoms. The van der Waals surface area contributed by atoms with E-state index in [4.69, 9.17) is 0 Å². The topological polar surface area (TPSA) is 86.6 Å². The first-order chi connectivity index (χ1) is 11.4. The molecule has 1 unspecified atom stereocenters. The van der Waals surface area contributed by atoms with E-state index in [-0.39, 0.29) is 0 Å². The van der Waals surface area contributed by atoms with E-state index in [1.165, 1.54) is 0 Å². The Morgan fingerprint density at radius 3 is 2.67 bits per heavy atom. The van der Waals surface area contributed by atoms with E-state index in [1.807, 2.05) is 13.0 Å². The largest absolute Gasteiger partial charge is 0.341 e. The molecular weight excluding hydrogens is 328 g/mol. The summed E-state index contributed by atoms with van der Waals surface area (Å²) in [5.41, 5.74) is 1.49. The summed E-state index contributed by atoms with van der Waals surface area (Å²) in [5, 5.41) is 0. The van der Waals surface area contributed by atoms with Gasteiger partial charge in [0.1, 0.15) is 0 Å². The summed E-state index contributed by atoms with van der Waals surface area (Å²) in [6, 6.07) is 1.41. The molecule has 2 heterocycles. The van der Waals surface area contributed by atoms with Crippen molar-refractivity contribution in [1.82, 2.24) is 14.3 Å². The lowest BCUT2D eigenvalue weighted by Crippen LogP contribution is -2.32. The molecular formula is C16H28N4O3S. The van der Waals surface area contributed by atoms with Gasteiger partial charge in [0.15, 0.2) is 0 Å². The summed E-state index contributed by atoms with van der Waals surface area (Å²) in [4.78, 5) is 11.4. The summed E-state index contributed by atoms with van der Waals surface area (Å²) in [7, 11) is -4.21. The maximum atomic E-state index is 11.6. The van der Waals surface area contributed by atoms with Crippen molar-refractivity contribution < 1.29 is 13.0 Å². The van der Waals surface area contributed by atoms with Crippen LogP contribution in [0.4, 0.5) is 5.95 Å². The minimum absolute atomic E-state index is 0.330. The number of unbranched alkanes of at least 4 members (excludes halogenated alkanes) is 1. The van der Waals surface area contributed by atoms with Crippen molar-refractivity contribution in [3.8, 4) is 0 Å². The molecule has 1 fully saturated rings. The number of anilines is 1. The fourth-order valence-corrected chi connectivity index (χ4v) is 4.03. The molecule has 0 saturated carbocycles. The molecule has 1 atom stereocenters. The number of hydrogen-bond donors (Lipinski definition) is 1. The first-order valence-electron chi connectivity index (χ1n) is 8.71. The Kier molecular flexibility index (Phi) is 6.54. The summed E-state index contributed by atoms with van der Waals surface area (Å²) in [6.07, 6.45) is 4.54. The Balaban J connectivity index is 2.33. The minimum Gasteiger partial charge on any atom is -0.341 e. The minimum atomic E-state index is -4.21. The highest BCUT2D eigenvalue weighted by molar-refractivity contribution is 7.83. The lowest BCUT2D eigenvalue weighted by Gasteiger charge is -2.25. The molecule has 1 aromatic heterocycles. The van der Waals surface area contributed by atoms with Gasteiger partial charge in [-0.15, -0.1) is 0 Å². The maximum absolute atomic E-state index is 11.6. The molecule has 1 aliphatic heterocycles. The maximum Gasteiger partial charge on any atom is 0.336 e.